The smallest absolute Gasteiger partial charge is 0.269 e. The van der Waals surface area contributed by atoms with Gasteiger partial charge in [-0.2, -0.15) is 0 Å². The predicted octanol–water partition coefficient (Wildman–Crippen LogP) is 2.86. The fourth-order valence-corrected chi connectivity index (χ4v) is 9.57. The van der Waals surface area contributed by atoms with Crippen LogP contribution >= 0.6 is 65.4 Å². The Bertz CT molecular complexity index is 125. The first kappa shape index (κ1) is 10.4. The number of hydrogen-bond donors (Lipinski definition) is 0. The molecular formula is C5H10I3NSi. The second kappa shape index (κ2) is 4.05. The minimum absolute atomic E-state index is 0.911. The van der Waals surface area contributed by atoms with Crippen molar-refractivity contribution >= 4 is 66.0 Å². The molecule has 1 aliphatic heterocycles. The maximum absolute atomic E-state index is 2.66. The van der Waals surface area contributed by atoms with Gasteiger partial charge in [-0.1, -0.05) is 65.4 Å². The summed E-state index contributed by atoms with van der Waals surface area (Å²) in [5, 5.41) is 0. The second-order valence-corrected chi connectivity index (χ2v) is 38.3. The zero-order valence-corrected chi connectivity index (χ0v) is 13.3. The Morgan fingerprint density at radius 3 is 2.20 bits per heavy atom. The lowest BCUT2D eigenvalue weighted by Crippen LogP contribution is -2.39. The van der Waals surface area contributed by atoms with E-state index in [9.17, 15) is 0 Å². The van der Waals surface area contributed by atoms with Gasteiger partial charge in [0.1, 0.15) is 0 Å². The third kappa shape index (κ3) is 2.70. The molecule has 0 aromatic rings. The van der Waals surface area contributed by atoms with Crippen LogP contribution in [-0.2, 0) is 0 Å². The molecular weight excluding hydrogens is 483 g/mol. The van der Waals surface area contributed by atoms with Gasteiger partial charge >= 0.3 is 0 Å². The highest BCUT2D eigenvalue weighted by molar-refractivity contribution is 14.4. The van der Waals surface area contributed by atoms with E-state index in [-0.39, 0.29) is 0 Å². The number of likely N-dealkylation sites (tertiary alicyclic amines) is 1. The van der Waals surface area contributed by atoms with Gasteiger partial charge < -0.3 is 4.90 Å². The van der Waals surface area contributed by atoms with Crippen LogP contribution in [0.15, 0.2) is 0 Å². The van der Waals surface area contributed by atoms with Gasteiger partial charge in [0.25, 0.3) is 0.564 Å². The summed E-state index contributed by atoms with van der Waals surface area (Å²) in [5.41, 5.74) is 0.911. The summed E-state index contributed by atoms with van der Waals surface area (Å²) in [4.78, 5) is 2.53. The number of rotatable bonds is 1. The van der Waals surface area contributed by atoms with Crippen LogP contribution in [0, 0.1) is 0 Å². The van der Waals surface area contributed by atoms with E-state index in [0.717, 1.165) is 5.67 Å². The fourth-order valence-electron chi connectivity index (χ4n) is 1.32. The van der Waals surface area contributed by atoms with Crippen LogP contribution in [0.4, 0.5) is 0 Å². The minimum Gasteiger partial charge on any atom is -0.304 e. The van der Waals surface area contributed by atoms with Crippen molar-refractivity contribution in [3.63, 3.8) is 0 Å². The van der Waals surface area contributed by atoms with Gasteiger partial charge in [-0.15, -0.1) is 0 Å². The van der Waals surface area contributed by atoms with Gasteiger partial charge in [0.15, 0.2) is 0 Å². The molecule has 1 heterocycles. The molecule has 1 fully saturated rings. The van der Waals surface area contributed by atoms with Crippen LogP contribution in [0.1, 0.15) is 12.8 Å². The molecule has 1 unspecified atom stereocenters. The van der Waals surface area contributed by atoms with Gasteiger partial charge in [0.2, 0.25) is 0 Å². The molecule has 0 spiro atoms. The van der Waals surface area contributed by atoms with Crippen molar-refractivity contribution < 1.29 is 0 Å². The van der Waals surface area contributed by atoms with E-state index in [2.05, 4.69) is 77.3 Å². The van der Waals surface area contributed by atoms with Gasteiger partial charge in [-0.05, 0) is 26.4 Å². The van der Waals surface area contributed by atoms with Crippen LogP contribution in [0.2, 0.25) is 0 Å². The monoisotopic (exact) mass is 493 g/mol. The average Bonchev–Trinajstić information content (AvgIpc) is 2.11. The quantitative estimate of drug-likeness (QED) is 0.309. The molecule has 0 aromatic heterocycles. The third-order valence-electron chi connectivity index (χ3n) is 1.90. The van der Waals surface area contributed by atoms with Crippen LogP contribution in [0.3, 0.4) is 0 Å². The summed E-state index contributed by atoms with van der Waals surface area (Å²) in [6, 6.07) is 0. The first-order chi connectivity index (χ1) is 4.52. The summed E-state index contributed by atoms with van der Waals surface area (Å²) < 4.78 is -0.951. The molecule has 0 N–H and O–H groups in total. The zero-order valence-electron chi connectivity index (χ0n) is 5.78. The Hall–Kier alpha value is 2.37. The molecule has 0 aromatic carbocycles. The summed E-state index contributed by atoms with van der Waals surface area (Å²) in [7, 11) is 2.26. The highest BCUT2D eigenvalue weighted by atomic mass is 127. The normalized spacial score (nSPS) is 29.4. The van der Waals surface area contributed by atoms with Crippen molar-refractivity contribution in [1.82, 2.24) is 4.90 Å². The molecule has 1 nitrogen and oxygen atoms in total. The molecule has 0 saturated carbocycles. The van der Waals surface area contributed by atoms with E-state index in [0.29, 0.717) is 0 Å². The molecule has 1 saturated heterocycles. The Kier molecular flexibility index (Phi) is 4.23. The van der Waals surface area contributed by atoms with Crippen LogP contribution in [0.25, 0.3) is 0 Å². The molecule has 10 heavy (non-hydrogen) atoms. The summed E-state index contributed by atoms with van der Waals surface area (Å²) in [6.45, 7) is 1.31. The van der Waals surface area contributed by atoms with E-state index in [1.807, 2.05) is 0 Å². The van der Waals surface area contributed by atoms with Crippen molar-refractivity contribution in [3.8, 4) is 0 Å². The van der Waals surface area contributed by atoms with Gasteiger partial charge in [-0.3, -0.25) is 0 Å². The Labute approximate surface area is 101 Å². The van der Waals surface area contributed by atoms with Crippen LogP contribution < -0.4 is 0 Å². The second-order valence-electron chi connectivity index (χ2n) is 2.68. The molecule has 0 amide bonds. The maximum Gasteiger partial charge on any atom is 0.269 e. The molecule has 1 aliphatic rings. The van der Waals surface area contributed by atoms with Gasteiger partial charge in [0, 0.05) is 5.67 Å². The van der Waals surface area contributed by atoms with Crippen molar-refractivity contribution in [3.05, 3.63) is 0 Å². The van der Waals surface area contributed by atoms with Crippen LogP contribution in [-0.4, -0.2) is 24.7 Å². The standard InChI is InChI=1S/C5H10I3NSi/c1-9-4-2-3-5(9)10(6,7)8/h5H,2-4H2,1H3. The van der Waals surface area contributed by atoms with Gasteiger partial charge in [-0.25, -0.2) is 0 Å². The highest BCUT2D eigenvalue weighted by Crippen LogP contribution is 2.39. The maximum atomic E-state index is 2.66. The molecule has 0 bridgehead atoms. The van der Waals surface area contributed by atoms with E-state index in [1.54, 1.807) is 0 Å². The number of hydrogen-bond acceptors (Lipinski definition) is 1. The third-order valence-corrected chi connectivity index (χ3v) is 9.85. The molecule has 0 radical (unpaired) electrons. The summed E-state index contributed by atoms with van der Waals surface area (Å²) in [5.74, 6) is 0. The van der Waals surface area contributed by atoms with E-state index in [1.165, 1.54) is 19.4 Å². The Morgan fingerprint density at radius 1 is 1.40 bits per heavy atom. The Balaban J connectivity index is 2.55. The summed E-state index contributed by atoms with van der Waals surface area (Å²) in [6.07, 6.45) is 2.84. The lowest BCUT2D eigenvalue weighted by atomic mass is 10.4. The van der Waals surface area contributed by atoms with E-state index < -0.39 is 0.564 Å². The number of halogens is 3. The minimum atomic E-state index is -0.951. The lowest BCUT2D eigenvalue weighted by molar-refractivity contribution is 0.383. The fraction of sp³-hybridized carbons (Fsp3) is 1.00. The molecule has 0 aliphatic carbocycles. The number of nitrogens with zero attached hydrogens (tertiary/aromatic N) is 1. The zero-order chi connectivity index (χ0) is 7.78. The van der Waals surface area contributed by atoms with Crippen molar-refractivity contribution in [2.24, 2.45) is 0 Å². The Morgan fingerprint density at radius 2 is 2.00 bits per heavy atom. The van der Waals surface area contributed by atoms with E-state index >= 15 is 0 Å². The predicted molar refractivity (Wildman–Crippen MR) is 73.5 cm³/mol. The molecule has 1 atom stereocenters. The van der Waals surface area contributed by atoms with E-state index in [4.69, 9.17) is 0 Å². The van der Waals surface area contributed by atoms with Crippen molar-refractivity contribution in [2.75, 3.05) is 13.6 Å². The topological polar surface area (TPSA) is 3.24 Å². The van der Waals surface area contributed by atoms with Crippen molar-refractivity contribution in [2.45, 2.75) is 18.5 Å². The average molecular weight is 493 g/mol. The SMILES string of the molecule is CN1CCCC1[Si](I)(I)I. The molecule has 60 valence electrons. The lowest BCUT2D eigenvalue weighted by Gasteiger charge is -2.25. The first-order valence-corrected chi connectivity index (χ1v) is 14.7. The first-order valence-electron chi connectivity index (χ1n) is 3.29. The summed E-state index contributed by atoms with van der Waals surface area (Å²) >= 11 is 7.99. The highest BCUT2D eigenvalue weighted by Gasteiger charge is 2.38. The molecule has 5 heteroatoms. The largest absolute Gasteiger partial charge is 0.304 e. The van der Waals surface area contributed by atoms with Crippen LogP contribution in [0.5, 0.6) is 0 Å². The van der Waals surface area contributed by atoms with Gasteiger partial charge in [0.05, 0.1) is 0 Å². The molecule has 1 rings (SSSR count). The van der Waals surface area contributed by atoms with Crippen molar-refractivity contribution in [1.29, 1.82) is 0 Å².